The first-order chi connectivity index (χ1) is 5.52. The molecule has 0 aliphatic carbocycles. The zero-order valence-corrected chi connectivity index (χ0v) is 7.50. The third-order valence-corrected chi connectivity index (χ3v) is 2.53. The molecule has 6 N–H and O–H groups in total. The highest BCUT2D eigenvalue weighted by Crippen LogP contribution is 2.31. The molecule has 7 heteroatoms. The molecule has 1 aliphatic rings. The van der Waals surface area contributed by atoms with Gasteiger partial charge in [-0.3, -0.25) is 11.5 Å². The number of nitrogens with two attached hydrogens (primary N) is 3. The van der Waals surface area contributed by atoms with Crippen LogP contribution in [0.4, 0.5) is 0 Å². The Balaban J connectivity index is 2.63. The molecule has 1 heterocycles. The second kappa shape index (κ2) is 3.74. The van der Waals surface area contributed by atoms with E-state index >= 15 is 0 Å². The molecule has 2 atom stereocenters. The molecule has 0 aromatic heterocycles. The molecule has 0 aromatic rings. The molecule has 0 saturated carbocycles. The summed E-state index contributed by atoms with van der Waals surface area (Å²) >= 11 is 0. The van der Waals surface area contributed by atoms with E-state index in [0.717, 1.165) is 0 Å². The van der Waals surface area contributed by atoms with Crippen molar-refractivity contribution >= 4 is 8.25 Å². The van der Waals surface area contributed by atoms with Crippen LogP contribution in [0.3, 0.4) is 0 Å². The summed E-state index contributed by atoms with van der Waals surface area (Å²) in [5.41, 5.74) is 16.5. The van der Waals surface area contributed by atoms with Crippen molar-refractivity contribution in [1.29, 1.82) is 0 Å². The Morgan fingerprint density at radius 1 is 1.50 bits per heavy atom. The van der Waals surface area contributed by atoms with E-state index in [1.165, 1.54) is 0 Å². The number of hydrogen-bond acceptors (Lipinski definition) is 6. The van der Waals surface area contributed by atoms with Gasteiger partial charge in [-0.1, -0.05) is 4.52 Å². The monoisotopic (exact) mass is 194 g/mol. The summed E-state index contributed by atoms with van der Waals surface area (Å²) in [7, 11) is -2.23. The largest absolute Gasteiger partial charge is 0.700 e. The van der Waals surface area contributed by atoms with Gasteiger partial charge in [0, 0.05) is 4.57 Å². The highest BCUT2D eigenvalue weighted by molar-refractivity contribution is 7.33. The van der Waals surface area contributed by atoms with Crippen LogP contribution in [0.25, 0.3) is 0 Å². The van der Waals surface area contributed by atoms with E-state index in [2.05, 4.69) is 0 Å². The normalized spacial score (nSPS) is 33.9. The van der Waals surface area contributed by atoms with Gasteiger partial charge in [0.05, 0.1) is 6.04 Å². The van der Waals surface area contributed by atoms with Gasteiger partial charge in [-0.15, -0.1) is 4.52 Å². The molecule has 2 unspecified atom stereocenters. The molecular weight excluding hydrogens is 181 g/mol. The molecule has 1 saturated heterocycles. The third-order valence-electron chi connectivity index (χ3n) is 1.67. The van der Waals surface area contributed by atoms with E-state index < -0.39 is 20.1 Å². The van der Waals surface area contributed by atoms with Crippen molar-refractivity contribution in [3.05, 3.63) is 0 Å². The molecule has 70 valence electrons. The Kier molecular flexibility index (Phi) is 3.11. The van der Waals surface area contributed by atoms with Gasteiger partial charge in [-0.2, -0.15) is 0 Å². The van der Waals surface area contributed by atoms with E-state index in [9.17, 15) is 4.57 Å². The smallest absolute Gasteiger partial charge is 0.323 e. The van der Waals surface area contributed by atoms with Gasteiger partial charge in [-0.05, 0) is 12.8 Å². The van der Waals surface area contributed by atoms with Crippen LogP contribution < -0.4 is 17.2 Å². The van der Waals surface area contributed by atoms with Gasteiger partial charge < -0.3 is 5.73 Å². The summed E-state index contributed by atoms with van der Waals surface area (Å²) in [6.45, 7) is 0.360. The number of hydrogen-bond donors (Lipinski definition) is 3. The summed E-state index contributed by atoms with van der Waals surface area (Å²) in [6.07, 6.45) is 1.28. The van der Waals surface area contributed by atoms with Crippen LogP contribution in [0.2, 0.25) is 0 Å². The van der Waals surface area contributed by atoms with E-state index in [0.29, 0.717) is 19.4 Å². The Morgan fingerprint density at radius 2 is 2.17 bits per heavy atom. The maximum absolute atomic E-state index is 10.9. The summed E-state index contributed by atoms with van der Waals surface area (Å²) in [5, 5.41) is 0. The van der Waals surface area contributed by atoms with Gasteiger partial charge in [-0.25, -0.2) is 0 Å². The molecule has 6 nitrogen and oxygen atoms in total. The fourth-order valence-corrected chi connectivity index (χ4v) is 1.62. The van der Waals surface area contributed by atoms with Crippen molar-refractivity contribution in [1.82, 2.24) is 0 Å². The van der Waals surface area contributed by atoms with Crippen molar-refractivity contribution in [3.8, 4) is 0 Å². The van der Waals surface area contributed by atoms with Crippen molar-refractivity contribution in [2.24, 2.45) is 17.2 Å². The molecule has 0 amide bonds. The van der Waals surface area contributed by atoms with E-state index in [4.69, 9.17) is 26.2 Å². The van der Waals surface area contributed by atoms with Crippen LogP contribution in [0, 0.1) is 0 Å². The lowest BCUT2D eigenvalue weighted by Gasteiger charge is -2.25. The molecular formula is C5H13N3O3P+. The Hall–Kier alpha value is -0.100. The van der Waals surface area contributed by atoms with Crippen molar-refractivity contribution in [2.75, 3.05) is 6.61 Å². The molecule has 1 aliphatic heterocycles. The van der Waals surface area contributed by atoms with E-state index in [1.54, 1.807) is 0 Å². The highest BCUT2D eigenvalue weighted by atomic mass is 31.1. The Morgan fingerprint density at radius 3 is 2.83 bits per heavy atom. The topological polar surface area (TPSA) is 114 Å². The standard InChI is InChI=1S/C5H13N3O3P/c6-4-2-1-3-10-12(9)11-5(4,7)8/h4H,1-3,6-8H2/q+1. The van der Waals surface area contributed by atoms with Crippen molar-refractivity contribution in [3.63, 3.8) is 0 Å². The zero-order chi connectivity index (χ0) is 9.19. The van der Waals surface area contributed by atoms with Crippen LogP contribution in [-0.2, 0) is 13.6 Å². The van der Waals surface area contributed by atoms with E-state index in [-0.39, 0.29) is 0 Å². The van der Waals surface area contributed by atoms with Crippen molar-refractivity contribution in [2.45, 2.75) is 24.7 Å². The summed E-state index contributed by atoms with van der Waals surface area (Å²) in [5.74, 6) is -1.55. The highest BCUT2D eigenvalue weighted by Gasteiger charge is 2.41. The SMILES string of the molecule is NC1CCCO[P+](=O)OC1(N)N. The Bertz CT molecular complexity index is 187. The first-order valence-electron chi connectivity index (χ1n) is 3.65. The molecule has 0 spiro atoms. The zero-order valence-electron chi connectivity index (χ0n) is 6.60. The quantitative estimate of drug-likeness (QED) is 0.349. The summed E-state index contributed by atoms with van der Waals surface area (Å²) < 4.78 is 20.3. The second-order valence-corrected chi connectivity index (χ2v) is 3.64. The van der Waals surface area contributed by atoms with Crippen molar-refractivity contribution < 1.29 is 13.6 Å². The first kappa shape index (κ1) is 9.98. The predicted molar refractivity (Wildman–Crippen MR) is 43.0 cm³/mol. The molecule has 0 aromatic carbocycles. The van der Waals surface area contributed by atoms with Crippen LogP contribution in [-0.4, -0.2) is 18.5 Å². The molecule has 0 radical (unpaired) electrons. The van der Waals surface area contributed by atoms with Gasteiger partial charge >= 0.3 is 8.25 Å². The lowest BCUT2D eigenvalue weighted by molar-refractivity contribution is 0.0270. The summed E-state index contributed by atoms with van der Waals surface area (Å²) in [4.78, 5) is 0. The first-order valence-corrected chi connectivity index (χ1v) is 4.74. The van der Waals surface area contributed by atoms with Crippen LogP contribution in [0.1, 0.15) is 12.8 Å². The van der Waals surface area contributed by atoms with Gasteiger partial charge in [0.1, 0.15) is 6.61 Å². The number of rotatable bonds is 0. The van der Waals surface area contributed by atoms with E-state index in [1.807, 2.05) is 0 Å². The third kappa shape index (κ3) is 2.45. The Labute approximate surface area is 71.3 Å². The van der Waals surface area contributed by atoms with Gasteiger partial charge in [0.25, 0.3) is 0 Å². The fourth-order valence-electron chi connectivity index (χ4n) is 0.891. The molecule has 0 bridgehead atoms. The lowest BCUT2D eigenvalue weighted by Crippen LogP contribution is -2.63. The van der Waals surface area contributed by atoms with Crippen LogP contribution in [0.15, 0.2) is 0 Å². The average molecular weight is 194 g/mol. The minimum absolute atomic E-state index is 0.360. The minimum atomic E-state index is -2.23. The fraction of sp³-hybridized carbons (Fsp3) is 1.00. The maximum Gasteiger partial charge on any atom is 0.700 e. The van der Waals surface area contributed by atoms with Crippen LogP contribution >= 0.6 is 8.25 Å². The second-order valence-electron chi connectivity index (χ2n) is 2.75. The predicted octanol–water partition coefficient (Wildman–Crippen LogP) is -0.631. The molecule has 1 fully saturated rings. The lowest BCUT2D eigenvalue weighted by atomic mass is 10.1. The van der Waals surface area contributed by atoms with Crippen LogP contribution in [0.5, 0.6) is 0 Å². The van der Waals surface area contributed by atoms with Gasteiger partial charge in [0.15, 0.2) is 0 Å². The van der Waals surface area contributed by atoms with Gasteiger partial charge in [0.2, 0.25) is 5.85 Å². The summed E-state index contributed by atoms with van der Waals surface area (Å²) in [6, 6.07) is -0.514. The molecule has 1 rings (SSSR count). The maximum atomic E-state index is 10.9. The minimum Gasteiger partial charge on any atom is -0.323 e. The average Bonchev–Trinajstić information content (AvgIpc) is 1.95. The molecule has 12 heavy (non-hydrogen) atoms.